The summed E-state index contributed by atoms with van der Waals surface area (Å²) in [4.78, 5) is 2.79. The Morgan fingerprint density at radius 1 is 1.00 bits per heavy atom. The molecule has 2 heterocycles. The van der Waals surface area contributed by atoms with E-state index in [-0.39, 0.29) is 0 Å². The van der Waals surface area contributed by atoms with Gasteiger partial charge in [-0.05, 0) is 69.6 Å². The van der Waals surface area contributed by atoms with Crippen LogP contribution in [-0.2, 0) is 0 Å². The number of likely N-dealkylation sites (tertiary alicyclic amines) is 1. The van der Waals surface area contributed by atoms with E-state index in [4.69, 9.17) is 0 Å². The molecular formula is C13H24N2. The summed E-state index contributed by atoms with van der Waals surface area (Å²) in [7, 11) is 0. The largest absolute Gasteiger partial charge is 0.316 e. The fraction of sp³-hybridized carbons (Fsp3) is 1.00. The van der Waals surface area contributed by atoms with Crippen LogP contribution in [0.5, 0.6) is 0 Å². The standard InChI is InChI=1S/C13H24N2/c1-10-2-4-15(5-3-10)13-6-11-8-14-9-12(11)7-13/h10-14H,2-9H2,1H3. The molecule has 0 bridgehead atoms. The fourth-order valence-electron chi connectivity index (χ4n) is 3.83. The smallest absolute Gasteiger partial charge is 0.0102 e. The van der Waals surface area contributed by atoms with Crippen molar-refractivity contribution in [3.05, 3.63) is 0 Å². The third-order valence-corrected chi connectivity index (χ3v) is 4.96. The van der Waals surface area contributed by atoms with Crippen molar-refractivity contribution in [2.45, 2.75) is 38.6 Å². The summed E-state index contributed by atoms with van der Waals surface area (Å²) in [6, 6.07) is 0.939. The molecular weight excluding hydrogens is 184 g/mol. The molecule has 1 aliphatic carbocycles. The highest BCUT2D eigenvalue weighted by molar-refractivity contribution is 4.95. The van der Waals surface area contributed by atoms with Gasteiger partial charge in [-0.1, -0.05) is 6.92 Å². The molecule has 1 saturated carbocycles. The van der Waals surface area contributed by atoms with Gasteiger partial charge in [-0.2, -0.15) is 0 Å². The van der Waals surface area contributed by atoms with Gasteiger partial charge >= 0.3 is 0 Å². The summed E-state index contributed by atoms with van der Waals surface area (Å²) in [5.74, 6) is 2.99. The quantitative estimate of drug-likeness (QED) is 0.706. The topological polar surface area (TPSA) is 15.3 Å². The molecule has 2 heteroatoms. The molecule has 86 valence electrons. The molecule has 0 aromatic rings. The lowest BCUT2D eigenvalue weighted by molar-refractivity contribution is 0.135. The van der Waals surface area contributed by atoms with Crippen LogP contribution in [0.15, 0.2) is 0 Å². The lowest BCUT2D eigenvalue weighted by Gasteiger charge is -2.35. The molecule has 1 N–H and O–H groups in total. The maximum absolute atomic E-state index is 3.54. The summed E-state index contributed by atoms with van der Waals surface area (Å²) >= 11 is 0. The van der Waals surface area contributed by atoms with E-state index in [2.05, 4.69) is 17.1 Å². The van der Waals surface area contributed by atoms with Crippen molar-refractivity contribution in [3.8, 4) is 0 Å². The van der Waals surface area contributed by atoms with Crippen LogP contribution in [-0.4, -0.2) is 37.1 Å². The second-order valence-corrected chi connectivity index (χ2v) is 6.02. The molecule has 0 spiro atoms. The fourth-order valence-corrected chi connectivity index (χ4v) is 3.83. The van der Waals surface area contributed by atoms with Crippen LogP contribution in [0.1, 0.15) is 32.6 Å². The van der Waals surface area contributed by atoms with Crippen molar-refractivity contribution in [3.63, 3.8) is 0 Å². The zero-order chi connectivity index (χ0) is 10.3. The molecule has 3 aliphatic rings. The number of piperidine rings is 1. The number of hydrogen-bond donors (Lipinski definition) is 1. The predicted octanol–water partition coefficient (Wildman–Crippen LogP) is 1.72. The second-order valence-electron chi connectivity index (χ2n) is 6.02. The number of rotatable bonds is 1. The van der Waals surface area contributed by atoms with E-state index in [1.165, 1.54) is 51.9 Å². The van der Waals surface area contributed by atoms with Crippen molar-refractivity contribution in [1.29, 1.82) is 0 Å². The molecule has 0 amide bonds. The van der Waals surface area contributed by atoms with Gasteiger partial charge in [-0.15, -0.1) is 0 Å². The maximum Gasteiger partial charge on any atom is 0.0102 e. The van der Waals surface area contributed by atoms with Crippen LogP contribution in [0.25, 0.3) is 0 Å². The summed E-state index contributed by atoms with van der Waals surface area (Å²) in [6.45, 7) is 7.75. The van der Waals surface area contributed by atoms with Gasteiger partial charge in [0.15, 0.2) is 0 Å². The van der Waals surface area contributed by atoms with E-state index in [1.54, 1.807) is 0 Å². The van der Waals surface area contributed by atoms with E-state index in [0.717, 1.165) is 23.8 Å². The highest BCUT2D eigenvalue weighted by Crippen LogP contribution is 2.38. The first-order chi connectivity index (χ1) is 7.33. The molecule has 2 nitrogen and oxygen atoms in total. The minimum Gasteiger partial charge on any atom is -0.316 e. The van der Waals surface area contributed by atoms with Crippen LogP contribution in [0, 0.1) is 17.8 Å². The zero-order valence-electron chi connectivity index (χ0n) is 9.91. The van der Waals surface area contributed by atoms with Crippen LogP contribution in [0.3, 0.4) is 0 Å². The van der Waals surface area contributed by atoms with Gasteiger partial charge in [0.25, 0.3) is 0 Å². The predicted molar refractivity (Wildman–Crippen MR) is 62.8 cm³/mol. The Labute approximate surface area is 93.4 Å². The van der Waals surface area contributed by atoms with Crippen molar-refractivity contribution in [1.82, 2.24) is 10.2 Å². The SMILES string of the molecule is CC1CCN(C2CC3CNCC3C2)CC1. The third kappa shape index (κ3) is 1.94. The summed E-state index contributed by atoms with van der Waals surface area (Å²) in [5.41, 5.74) is 0. The normalized spacial score (nSPS) is 43.4. The Bertz CT molecular complexity index is 209. The van der Waals surface area contributed by atoms with Crippen LogP contribution >= 0.6 is 0 Å². The third-order valence-electron chi connectivity index (χ3n) is 4.96. The van der Waals surface area contributed by atoms with Crippen molar-refractivity contribution in [2.75, 3.05) is 26.2 Å². The average Bonchev–Trinajstić information content (AvgIpc) is 2.78. The van der Waals surface area contributed by atoms with E-state index in [9.17, 15) is 0 Å². The molecule has 2 unspecified atom stereocenters. The highest BCUT2D eigenvalue weighted by atomic mass is 15.2. The minimum absolute atomic E-state index is 0.939. The van der Waals surface area contributed by atoms with Crippen LogP contribution in [0.2, 0.25) is 0 Å². The molecule has 2 atom stereocenters. The number of nitrogens with one attached hydrogen (secondary N) is 1. The molecule has 0 radical (unpaired) electrons. The number of nitrogens with zero attached hydrogens (tertiary/aromatic N) is 1. The van der Waals surface area contributed by atoms with E-state index >= 15 is 0 Å². The Morgan fingerprint density at radius 3 is 2.20 bits per heavy atom. The summed E-state index contributed by atoms with van der Waals surface area (Å²) in [5, 5.41) is 3.54. The Morgan fingerprint density at radius 2 is 1.60 bits per heavy atom. The van der Waals surface area contributed by atoms with Crippen molar-refractivity contribution >= 4 is 0 Å². The summed E-state index contributed by atoms with van der Waals surface area (Å²) in [6.07, 6.45) is 5.83. The molecule has 3 rings (SSSR count). The lowest BCUT2D eigenvalue weighted by atomic mass is 9.97. The van der Waals surface area contributed by atoms with Gasteiger partial charge in [-0.25, -0.2) is 0 Å². The molecule has 2 aliphatic heterocycles. The van der Waals surface area contributed by atoms with E-state index in [0.29, 0.717) is 0 Å². The Hall–Kier alpha value is -0.0800. The molecule has 0 aromatic carbocycles. The summed E-state index contributed by atoms with van der Waals surface area (Å²) < 4.78 is 0. The maximum atomic E-state index is 3.54. The van der Waals surface area contributed by atoms with Gasteiger partial charge in [0.2, 0.25) is 0 Å². The molecule has 15 heavy (non-hydrogen) atoms. The van der Waals surface area contributed by atoms with Gasteiger partial charge in [0, 0.05) is 6.04 Å². The van der Waals surface area contributed by atoms with E-state index in [1.807, 2.05) is 0 Å². The van der Waals surface area contributed by atoms with E-state index < -0.39 is 0 Å². The number of fused-ring (bicyclic) bond motifs is 1. The van der Waals surface area contributed by atoms with Gasteiger partial charge in [0.1, 0.15) is 0 Å². The van der Waals surface area contributed by atoms with Gasteiger partial charge in [0.05, 0.1) is 0 Å². The highest BCUT2D eigenvalue weighted by Gasteiger charge is 2.39. The Balaban J connectivity index is 1.56. The Kier molecular flexibility index (Phi) is 2.73. The van der Waals surface area contributed by atoms with Crippen molar-refractivity contribution in [2.24, 2.45) is 17.8 Å². The molecule has 2 saturated heterocycles. The van der Waals surface area contributed by atoms with Gasteiger partial charge < -0.3 is 10.2 Å². The molecule has 3 fully saturated rings. The first-order valence-corrected chi connectivity index (χ1v) is 6.77. The molecule has 0 aromatic heterocycles. The average molecular weight is 208 g/mol. The minimum atomic E-state index is 0.939. The number of hydrogen-bond acceptors (Lipinski definition) is 2. The monoisotopic (exact) mass is 208 g/mol. The van der Waals surface area contributed by atoms with Crippen LogP contribution in [0.4, 0.5) is 0 Å². The van der Waals surface area contributed by atoms with Crippen LogP contribution < -0.4 is 5.32 Å². The first-order valence-electron chi connectivity index (χ1n) is 6.77. The van der Waals surface area contributed by atoms with Crippen molar-refractivity contribution < 1.29 is 0 Å². The van der Waals surface area contributed by atoms with Gasteiger partial charge in [-0.3, -0.25) is 0 Å². The zero-order valence-corrected chi connectivity index (χ0v) is 9.91. The lowest BCUT2D eigenvalue weighted by Crippen LogP contribution is -2.40. The second kappa shape index (κ2) is 4.06. The first kappa shape index (κ1) is 10.1.